The fourth-order valence-electron chi connectivity index (χ4n) is 3.27. The van der Waals surface area contributed by atoms with E-state index in [9.17, 15) is 9.59 Å². The van der Waals surface area contributed by atoms with E-state index in [4.69, 9.17) is 5.73 Å². The Labute approximate surface area is 166 Å². The summed E-state index contributed by atoms with van der Waals surface area (Å²) in [4.78, 5) is 30.4. The number of fused-ring (bicyclic) bond motifs is 2. The molecule has 0 saturated heterocycles. The third-order valence-corrected chi connectivity index (χ3v) is 4.70. The van der Waals surface area contributed by atoms with Crippen molar-refractivity contribution in [3.63, 3.8) is 0 Å². The van der Waals surface area contributed by atoms with E-state index >= 15 is 0 Å². The minimum Gasteiger partial charge on any atom is -0.348 e. The van der Waals surface area contributed by atoms with E-state index in [1.165, 1.54) is 10.5 Å². The number of nitrogens with two attached hydrogens (primary N) is 1. The van der Waals surface area contributed by atoms with Gasteiger partial charge in [0.15, 0.2) is 0 Å². The highest BCUT2D eigenvalue weighted by atomic mass is 16.1. The van der Waals surface area contributed by atoms with E-state index in [2.05, 4.69) is 16.9 Å². The second kappa shape index (κ2) is 7.55. The summed E-state index contributed by atoms with van der Waals surface area (Å²) in [5.41, 5.74) is 8.28. The molecule has 4 aromatic rings. The molecule has 3 heterocycles. The number of rotatable bonds is 5. The highest BCUT2D eigenvalue weighted by Crippen LogP contribution is 2.15. The minimum absolute atomic E-state index is 0.227. The first-order valence-corrected chi connectivity index (χ1v) is 9.16. The minimum atomic E-state index is -0.372. The van der Waals surface area contributed by atoms with Gasteiger partial charge in [-0.05, 0) is 23.8 Å². The van der Waals surface area contributed by atoms with Crippen LogP contribution in [0.3, 0.4) is 0 Å². The van der Waals surface area contributed by atoms with Crippen LogP contribution in [-0.2, 0) is 6.54 Å². The summed E-state index contributed by atoms with van der Waals surface area (Å²) in [5, 5.41) is 3.04. The molecular formula is C22H20N5O2+. The maximum absolute atomic E-state index is 13.1. The standard InChI is InChI=1S/C22H19N5O2/c1-2-11-24-21(28)16-13-17-20(25-18-10-6-7-12-26(18)22(17)29)27(19(16)23)14-15-8-4-3-5-9-15/h2-10,12-13,23H,1,11,14H2,(H,24,28)/p+1. The van der Waals surface area contributed by atoms with Gasteiger partial charge in [0.1, 0.15) is 10.9 Å². The third-order valence-electron chi connectivity index (χ3n) is 4.70. The van der Waals surface area contributed by atoms with Crippen LogP contribution < -0.4 is 21.2 Å². The number of pyridine rings is 2. The molecule has 0 unspecified atom stereocenters. The number of amides is 1. The summed E-state index contributed by atoms with van der Waals surface area (Å²) in [6.45, 7) is 4.28. The van der Waals surface area contributed by atoms with Crippen LogP contribution in [0.1, 0.15) is 15.9 Å². The molecule has 0 saturated carbocycles. The fraction of sp³-hybridized carbons (Fsp3) is 0.0909. The van der Waals surface area contributed by atoms with Crippen molar-refractivity contribution in [2.75, 3.05) is 12.3 Å². The van der Waals surface area contributed by atoms with Crippen LogP contribution in [0, 0.1) is 0 Å². The summed E-state index contributed by atoms with van der Waals surface area (Å²) < 4.78 is 3.17. The Hall–Kier alpha value is -4.00. The lowest BCUT2D eigenvalue weighted by atomic mass is 10.1. The smallest absolute Gasteiger partial charge is 0.278 e. The first kappa shape index (κ1) is 18.4. The molecule has 0 fully saturated rings. The van der Waals surface area contributed by atoms with E-state index in [-0.39, 0.29) is 22.8 Å². The van der Waals surface area contributed by atoms with Crippen LogP contribution >= 0.6 is 0 Å². The molecule has 0 aliphatic rings. The molecule has 0 aliphatic carbocycles. The van der Waals surface area contributed by atoms with Gasteiger partial charge in [-0.1, -0.05) is 47.5 Å². The van der Waals surface area contributed by atoms with Gasteiger partial charge in [0.2, 0.25) is 11.5 Å². The molecular weight excluding hydrogens is 366 g/mol. The van der Waals surface area contributed by atoms with Crippen LogP contribution in [-0.4, -0.2) is 21.8 Å². The second-order valence-corrected chi connectivity index (χ2v) is 6.60. The van der Waals surface area contributed by atoms with Crippen LogP contribution in [0.15, 0.2) is 78.2 Å². The molecule has 1 aromatic carbocycles. The number of benzene rings is 1. The number of hydrogen-bond donors (Lipinski definition) is 2. The van der Waals surface area contributed by atoms with Gasteiger partial charge in [-0.25, -0.2) is 4.57 Å². The molecule has 7 heteroatoms. The van der Waals surface area contributed by atoms with E-state index < -0.39 is 0 Å². The van der Waals surface area contributed by atoms with E-state index in [1.807, 2.05) is 36.4 Å². The van der Waals surface area contributed by atoms with Crippen LogP contribution in [0.2, 0.25) is 0 Å². The molecule has 0 spiro atoms. The zero-order valence-corrected chi connectivity index (χ0v) is 15.7. The predicted octanol–water partition coefficient (Wildman–Crippen LogP) is 1.68. The molecule has 0 aliphatic heterocycles. The number of hydrogen-bond acceptors (Lipinski definition) is 4. The Balaban J connectivity index is 2.02. The van der Waals surface area contributed by atoms with Crippen molar-refractivity contribution in [2.24, 2.45) is 0 Å². The summed E-state index contributed by atoms with van der Waals surface area (Å²) in [6, 6.07) is 16.5. The zero-order valence-electron chi connectivity index (χ0n) is 15.7. The van der Waals surface area contributed by atoms with Gasteiger partial charge in [-0.3, -0.25) is 14.0 Å². The van der Waals surface area contributed by atoms with Crippen molar-refractivity contribution < 1.29 is 9.36 Å². The van der Waals surface area contributed by atoms with Crippen molar-refractivity contribution in [1.29, 1.82) is 0 Å². The number of nitrogens with one attached hydrogen (secondary N) is 1. The quantitative estimate of drug-likeness (QED) is 0.310. The molecule has 3 aromatic heterocycles. The maximum atomic E-state index is 13.1. The van der Waals surface area contributed by atoms with Gasteiger partial charge in [0.05, 0.1) is 6.54 Å². The first-order valence-electron chi connectivity index (χ1n) is 9.16. The van der Waals surface area contributed by atoms with Crippen LogP contribution in [0.4, 0.5) is 5.82 Å². The lowest BCUT2D eigenvalue weighted by Gasteiger charge is -2.12. The Morgan fingerprint density at radius 2 is 1.97 bits per heavy atom. The Morgan fingerprint density at radius 3 is 2.72 bits per heavy atom. The molecule has 7 nitrogen and oxygen atoms in total. The maximum Gasteiger partial charge on any atom is 0.278 e. The summed E-state index contributed by atoms with van der Waals surface area (Å²) in [7, 11) is 0. The van der Waals surface area contributed by atoms with Crippen molar-refractivity contribution in [3.8, 4) is 0 Å². The fourth-order valence-corrected chi connectivity index (χ4v) is 3.27. The molecule has 0 atom stereocenters. The van der Waals surface area contributed by atoms with Crippen molar-refractivity contribution in [1.82, 2.24) is 14.7 Å². The molecule has 0 radical (unpaired) electrons. The van der Waals surface area contributed by atoms with Gasteiger partial charge in [0.25, 0.3) is 17.1 Å². The second-order valence-electron chi connectivity index (χ2n) is 6.60. The van der Waals surface area contributed by atoms with Gasteiger partial charge in [0, 0.05) is 12.7 Å². The zero-order chi connectivity index (χ0) is 20.4. The van der Waals surface area contributed by atoms with E-state index in [1.54, 1.807) is 29.0 Å². The first-order chi connectivity index (χ1) is 14.1. The van der Waals surface area contributed by atoms with Crippen LogP contribution in [0.5, 0.6) is 0 Å². The van der Waals surface area contributed by atoms with Gasteiger partial charge >= 0.3 is 0 Å². The molecule has 144 valence electrons. The van der Waals surface area contributed by atoms with E-state index in [0.717, 1.165) is 5.56 Å². The summed E-state index contributed by atoms with van der Waals surface area (Å²) in [5.74, 6) is -0.126. The SMILES string of the molecule is C=CCNC(=O)c1cc2c(=O)n3ccccc3nc2[n+](Cc2ccccc2)c1N. The number of carbonyl (C=O) groups excluding carboxylic acids is 1. The molecule has 4 rings (SSSR count). The average Bonchev–Trinajstić information content (AvgIpc) is 2.75. The molecule has 0 bridgehead atoms. The summed E-state index contributed by atoms with van der Waals surface area (Å²) >= 11 is 0. The average molecular weight is 386 g/mol. The molecule has 3 N–H and O–H groups in total. The third kappa shape index (κ3) is 3.34. The number of nitrogen functional groups attached to an aromatic ring is 1. The van der Waals surface area contributed by atoms with Gasteiger partial charge < -0.3 is 11.1 Å². The van der Waals surface area contributed by atoms with Crippen molar-refractivity contribution >= 4 is 28.4 Å². The number of aromatic nitrogens is 3. The number of carbonyl (C=O) groups is 1. The Kier molecular flexibility index (Phi) is 4.78. The van der Waals surface area contributed by atoms with Crippen LogP contribution in [0.25, 0.3) is 16.7 Å². The Bertz CT molecular complexity index is 1300. The topological polar surface area (TPSA) is 93.4 Å². The van der Waals surface area contributed by atoms with Gasteiger partial charge in [-0.2, -0.15) is 0 Å². The lowest BCUT2D eigenvalue weighted by Crippen LogP contribution is -2.43. The van der Waals surface area contributed by atoms with Gasteiger partial charge in [-0.15, -0.1) is 6.58 Å². The molecule has 29 heavy (non-hydrogen) atoms. The monoisotopic (exact) mass is 386 g/mol. The van der Waals surface area contributed by atoms with Crippen molar-refractivity contribution in [2.45, 2.75) is 6.54 Å². The number of nitrogens with zero attached hydrogens (tertiary/aromatic N) is 3. The highest BCUT2D eigenvalue weighted by Gasteiger charge is 2.24. The predicted molar refractivity (Wildman–Crippen MR) is 112 cm³/mol. The highest BCUT2D eigenvalue weighted by molar-refractivity contribution is 6.00. The Morgan fingerprint density at radius 1 is 1.21 bits per heavy atom. The largest absolute Gasteiger partial charge is 0.348 e. The number of anilines is 1. The normalized spacial score (nSPS) is 10.9. The summed E-state index contributed by atoms with van der Waals surface area (Å²) in [6.07, 6.45) is 3.23. The molecule has 1 amide bonds. The van der Waals surface area contributed by atoms with E-state index in [0.29, 0.717) is 29.8 Å². The lowest BCUT2D eigenvalue weighted by molar-refractivity contribution is -0.649. The van der Waals surface area contributed by atoms with Crippen molar-refractivity contribution in [3.05, 3.63) is 94.9 Å².